The third kappa shape index (κ3) is 8.72. The summed E-state index contributed by atoms with van der Waals surface area (Å²) in [6.07, 6.45) is 2.34. The lowest BCUT2D eigenvalue weighted by atomic mass is 10.1. The molecule has 16 heavy (non-hydrogen) atoms. The topological polar surface area (TPSA) is 41.1 Å². The van der Waals surface area contributed by atoms with E-state index in [2.05, 4.69) is 24.5 Å². The van der Waals surface area contributed by atoms with Crippen molar-refractivity contribution >= 4 is 5.91 Å². The average Bonchev–Trinajstić information content (AvgIpc) is 2.08. The van der Waals surface area contributed by atoms with Crippen molar-refractivity contribution in [3.05, 3.63) is 0 Å². The highest BCUT2D eigenvalue weighted by atomic mass is 16.2. The maximum atomic E-state index is 11.7. The van der Waals surface area contributed by atoms with Gasteiger partial charge in [0.05, 0.1) is 6.04 Å². The molecule has 96 valence electrons. The molecular formula is C13H28N2O. The summed E-state index contributed by atoms with van der Waals surface area (Å²) in [5, 5.41) is 6.22. The number of hydrogen-bond donors (Lipinski definition) is 2. The van der Waals surface area contributed by atoms with E-state index < -0.39 is 0 Å². The van der Waals surface area contributed by atoms with Gasteiger partial charge in [-0.25, -0.2) is 0 Å². The molecule has 0 aromatic rings. The minimum Gasteiger partial charge on any atom is -0.350 e. The molecule has 3 heteroatoms. The van der Waals surface area contributed by atoms with Crippen molar-refractivity contribution in [1.29, 1.82) is 0 Å². The smallest absolute Gasteiger partial charge is 0.237 e. The van der Waals surface area contributed by atoms with Crippen molar-refractivity contribution in [2.24, 2.45) is 5.92 Å². The lowest BCUT2D eigenvalue weighted by Gasteiger charge is -2.23. The normalized spacial score (nSPS) is 13.9. The van der Waals surface area contributed by atoms with Crippen molar-refractivity contribution in [2.75, 3.05) is 6.54 Å². The second kappa shape index (κ2) is 6.89. The molecule has 0 rings (SSSR count). The summed E-state index contributed by atoms with van der Waals surface area (Å²) in [7, 11) is 0. The van der Waals surface area contributed by atoms with Crippen LogP contribution in [-0.4, -0.2) is 24.0 Å². The third-order valence-corrected chi connectivity index (χ3v) is 2.30. The zero-order valence-electron chi connectivity index (χ0n) is 11.7. The molecule has 0 aromatic carbocycles. The molecule has 0 spiro atoms. The van der Waals surface area contributed by atoms with Crippen LogP contribution in [0, 0.1) is 5.92 Å². The lowest BCUT2D eigenvalue weighted by Crippen LogP contribution is -2.49. The fourth-order valence-corrected chi connectivity index (χ4v) is 1.40. The molecule has 0 aliphatic heterocycles. The SMILES string of the molecule is CC(C)CCCNC(C)C(=O)NC(C)(C)C. The number of rotatable bonds is 6. The van der Waals surface area contributed by atoms with Gasteiger partial charge < -0.3 is 10.6 Å². The first-order valence-electron chi connectivity index (χ1n) is 6.28. The fourth-order valence-electron chi connectivity index (χ4n) is 1.40. The number of amides is 1. The van der Waals surface area contributed by atoms with Crippen LogP contribution < -0.4 is 10.6 Å². The minimum absolute atomic E-state index is 0.0806. The van der Waals surface area contributed by atoms with Gasteiger partial charge in [0.25, 0.3) is 0 Å². The Balaban J connectivity index is 3.72. The van der Waals surface area contributed by atoms with Gasteiger partial charge in [0.1, 0.15) is 0 Å². The second-order valence-corrected chi connectivity index (χ2v) is 5.95. The molecule has 0 saturated heterocycles. The highest BCUT2D eigenvalue weighted by molar-refractivity contribution is 5.81. The molecule has 0 heterocycles. The maximum absolute atomic E-state index is 11.7. The van der Waals surface area contributed by atoms with E-state index >= 15 is 0 Å². The molecule has 0 bridgehead atoms. The maximum Gasteiger partial charge on any atom is 0.237 e. The van der Waals surface area contributed by atoms with Gasteiger partial charge in [-0.1, -0.05) is 13.8 Å². The van der Waals surface area contributed by atoms with Crippen LogP contribution in [0.25, 0.3) is 0 Å². The van der Waals surface area contributed by atoms with E-state index in [0.29, 0.717) is 0 Å². The van der Waals surface area contributed by atoms with E-state index in [9.17, 15) is 4.79 Å². The fraction of sp³-hybridized carbons (Fsp3) is 0.923. The summed E-state index contributed by atoms with van der Waals surface area (Å²) in [6, 6.07) is -0.105. The third-order valence-electron chi connectivity index (χ3n) is 2.30. The van der Waals surface area contributed by atoms with Crippen LogP contribution in [0.3, 0.4) is 0 Å². The highest BCUT2D eigenvalue weighted by Crippen LogP contribution is 2.02. The minimum atomic E-state index is -0.148. The molecule has 0 radical (unpaired) electrons. The van der Waals surface area contributed by atoms with E-state index in [1.165, 1.54) is 6.42 Å². The van der Waals surface area contributed by atoms with Gasteiger partial charge in [0.15, 0.2) is 0 Å². The Hall–Kier alpha value is -0.570. The van der Waals surface area contributed by atoms with Gasteiger partial charge in [-0.2, -0.15) is 0 Å². The van der Waals surface area contributed by atoms with E-state index in [-0.39, 0.29) is 17.5 Å². The summed E-state index contributed by atoms with van der Waals surface area (Å²) in [4.78, 5) is 11.7. The molecule has 3 nitrogen and oxygen atoms in total. The van der Waals surface area contributed by atoms with E-state index in [1.807, 2.05) is 27.7 Å². The van der Waals surface area contributed by atoms with Crippen LogP contribution in [0.1, 0.15) is 54.4 Å². The number of carbonyl (C=O) groups excluding carboxylic acids is 1. The van der Waals surface area contributed by atoms with Gasteiger partial charge in [0.2, 0.25) is 5.91 Å². The van der Waals surface area contributed by atoms with E-state index in [0.717, 1.165) is 18.9 Å². The van der Waals surface area contributed by atoms with Crippen LogP contribution in [0.4, 0.5) is 0 Å². The van der Waals surface area contributed by atoms with Crippen molar-refractivity contribution in [2.45, 2.75) is 66.0 Å². The summed E-state index contributed by atoms with van der Waals surface area (Å²) in [5.41, 5.74) is -0.148. The summed E-state index contributed by atoms with van der Waals surface area (Å²) in [6.45, 7) is 13.3. The van der Waals surface area contributed by atoms with Crippen molar-refractivity contribution in [3.8, 4) is 0 Å². The summed E-state index contributed by atoms with van der Waals surface area (Å²) < 4.78 is 0. The highest BCUT2D eigenvalue weighted by Gasteiger charge is 2.18. The van der Waals surface area contributed by atoms with Gasteiger partial charge >= 0.3 is 0 Å². The number of hydrogen-bond acceptors (Lipinski definition) is 2. The number of carbonyl (C=O) groups is 1. The van der Waals surface area contributed by atoms with Gasteiger partial charge in [-0.3, -0.25) is 4.79 Å². The predicted molar refractivity (Wildman–Crippen MR) is 69.4 cm³/mol. The molecule has 0 aliphatic rings. The Labute approximate surface area is 100 Å². The number of nitrogens with one attached hydrogen (secondary N) is 2. The molecule has 1 atom stereocenters. The standard InChI is InChI=1S/C13H28N2O/c1-10(2)8-7-9-14-11(3)12(16)15-13(4,5)6/h10-11,14H,7-9H2,1-6H3,(H,15,16). The molecule has 0 aromatic heterocycles. The molecule has 0 aliphatic carbocycles. The Kier molecular flexibility index (Phi) is 6.65. The first-order chi connectivity index (χ1) is 7.22. The average molecular weight is 228 g/mol. The molecule has 2 N–H and O–H groups in total. The Morgan fingerprint density at radius 1 is 1.19 bits per heavy atom. The van der Waals surface area contributed by atoms with Gasteiger partial charge in [-0.05, 0) is 53.0 Å². The quantitative estimate of drug-likeness (QED) is 0.685. The van der Waals surface area contributed by atoms with Gasteiger partial charge in [0, 0.05) is 5.54 Å². The zero-order chi connectivity index (χ0) is 12.8. The van der Waals surface area contributed by atoms with Crippen LogP contribution in [-0.2, 0) is 4.79 Å². The second-order valence-electron chi connectivity index (χ2n) is 5.95. The summed E-state index contributed by atoms with van der Waals surface area (Å²) >= 11 is 0. The molecule has 1 unspecified atom stereocenters. The summed E-state index contributed by atoms with van der Waals surface area (Å²) in [5.74, 6) is 0.817. The van der Waals surface area contributed by atoms with E-state index in [1.54, 1.807) is 0 Å². The van der Waals surface area contributed by atoms with Gasteiger partial charge in [-0.15, -0.1) is 0 Å². The van der Waals surface area contributed by atoms with Crippen LogP contribution in [0.5, 0.6) is 0 Å². The van der Waals surface area contributed by atoms with Crippen molar-refractivity contribution in [1.82, 2.24) is 10.6 Å². The Bertz CT molecular complexity index is 206. The predicted octanol–water partition coefficient (Wildman–Crippen LogP) is 2.32. The monoisotopic (exact) mass is 228 g/mol. The Morgan fingerprint density at radius 3 is 2.19 bits per heavy atom. The first kappa shape index (κ1) is 15.4. The zero-order valence-corrected chi connectivity index (χ0v) is 11.7. The van der Waals surface area contributed by atoms with Crippen LogP contribution in [0.15, 0.2) is 0 Å². The molecule has 1 amide bonds. The van der Waals surface area contributed by atoms with E-state index in [4.69, 9.17) is 0 Å². The van der Waals surface area contributed by atoms with Crippen LogP contribution in [0.2, 0.25) is 0 Å². The van der Waals surface area contributed by atoms with Crippen LogP contribution >= 0.6 is 0 Å². The molecule has 0 fully saturated rings. The van der Waals surface area contributed by atoms with Crippen molar-refractivity contribution in [3.63, 3.8) is 0 Å². The van der Waals surface area contributed by atoms with Crippen molar-refractivity contribution < 1.29 is 4.79 Å². The largest absolute Gasteiger partial charge is 0.350 e. The molecular weight excluding hydrogens is 200 g/mol. The molecule has 0 saturated carbocycles. The Morgan fingerprint density at radius 2 is 1.75 bits per heavy atom. The lowest BCUT2D eigenvalue weighted by molar-refractivity contribution is -0.124. The first-order valence-corrected chi connectivity index (χ1v) is 6.28.